The Morgan fingerprint density at radius 1 is 1.62 bits per heavy atom. The first-order chi connectivity index (χ1) is 6.24. The Hall–Kier alpha value is -1.24. The van der Waals surface area contributed by atoms with Crippen molar-refractivity contribution in [3.8, 4) is 0 Å². The van der Waals surface area contributed by atoms with Gasteiger partial charge >= 0.3 is 0 Å². The zero-order valence-electron chi connectivity index (χ0n) is 8.05. The highest BCUT2D eigenvalue weighted by Crippen LogP contribution is 2.23. The van der Waals surface area contributed by atoms with Gasteiger partial charge in [0.2, 0.25) is 0 Å². The van der Waals surface area contributed by atoms with Crippen molar-refractivity contribution >= 4 is 0 Å². The monoisotopic (exact) mass is 175 g/mol. The maximum Gasteiger partial charge on any atom is 0.0276 e. The van der Waals surface area contributed by atoms with Gasteiger partial charge in [0.25, 0.3) is 0 Å². The van der Waals surface area contributed by atoms with Gasteiger partial charge in [-0.15, -0.1) is 6.58 Å². The molecule has 0 atom stereocenters. The van der Waals surface area contributed by atoms with Gasteiger partial charge < -0.3 is 5.73 Å². The molecule has 0 fully saturated rings. The number of hydrogen-bond donors (Lipinski definition) is 1. The Balaban J connectivity index is 2.56. The van der Waals surface area contributed by atoms with E-state index in [1.807, 2.05) is 12.2 Å². The molecule has 0 aliphatic heterocycles. The van der Waals surface area contributed by atoms with Crippen molar-refractivity contribution in [2.45, 2.75) is 25.7 Å². The highest BCUT2D eigenvalue weighted by molar-refractivity contribution is 5.37. The van der Waals surface area contributed by atoms with Crippen molar-refractivity contribution in [3.63, 3.8) is 0 Å². The number of allylic oxidation sites excluding steroid dienone is 5. The Bertz CT molecular complexity index is 269. The lowest BCUT2D eigenvalue weighted by atomic mass is 9.94. The maximum atomic E-state index is 5.72. The summed E-state index contributed by atoms with van der Waals surface area (Å²) < 4.78 is 0. The van der Waals surface area contributed by atoms with Gasteiger partial charge in [-0.05, 0) is 37.3 Å². The second kappa shape index (κ2) is 4.70. The van der Waals surface area contributed by atoms with E-state index >= 15 is 0 Å². The van der Waals surface area contributed by atoms with Crippen molar-refractivity contribution in [1.82, 2.24) is 0 Å². The van der Waals surface area contributed by atoms with E-state index in [2.05, 4.69) is 19.2 Å². The topological polar surface area (TPSA) is 26.0 Å². The molecular weight excluding hydrogens is 158 g/mol. The van der Waals surface area contributed by atoms with Crippen LogP contribution in [0.25, 0.3) is 0 Å². The molecule has 13 heavy (non-hydrogen) atoms. The van der Waals surface area contributed by atoms with E-state index in [1.54, 1.807) is 0 Å². The van der Waals surface area contributed by atoms with E-state index in [1.165, 1.54) is 11.1 Å². The first-order valence-corrected chi connectivity index (χ1v) is 4.69. The lowest BCUT2D eigenvalue weighted by Gasteiger charge is -2.13. The highest BCUT2D eigenvalue weighted by Gasteiger charge is 2.05. The van der Waals surface area contributed by atoms with Crippen molar-refractivity contribution in [1.29, 1.82) is 0 Å². The minimum absolute atomic E-state index is 0.876. The third-order valence-electron chi connectivity index (χ3n) is 2.24. The summed E-state index contributed by atoms with van der Waals surface area (Å²) in [6.07, 6.45) is 10.1. The molecule has 0 amide bonds. The van der Waals surface area contributed by atoms with E-state index in [0.717, 1.165) is 31.4 Å². The molecule has 0 heterocycles. The quantitative estimate of drug-likeness (QED) is 0.653. The van der Waals surface area contributed by atoms with E-state index in [4.69, 9.17) is 5.73 Å². The van der Waals surface area contributed by atoms with Crippen molar-refractivity contribution < 1.29 is 0 Å². The predicted molar refractivity (Wildman–Crippen MR) is 58.2 cm³/mol. The zero-order chi connectivity index (χ0) is 9.68. The average molecular weight is 175 g/mol. The van der Waals surface area contributed by atoms with Gasteiger partial charge in [0.05, 0.1) is 0 Å². The molecule has 1 aliphatic carbocycles. The third-order valence-corrected chi connectivity index (χ3v) is 2.24. The van der Waals surface area contributed by atoms with Gasteiger partial charge in [-0.2, -0.15) is 0 Å². The average Bonchev–Trinajstić information content (AvgIpc) is 2.14. The lowest BCUT2D eigenvalue weighted by molar-refractivity contribution is 0.899. The second-order valence-electron chi connectivity index (χ2n) is 3.34. The fourth-order valence-corrected chi connectivity index (χ4v) is 1.44. The minimum atomic E-state index is 0.876. The summed E-state index contributed by atoms with van der Waals surface area (Å²) in [5.41, 5.74) is 9.10. The highest BCUT2D eigenvalue weighted by atomic mass is 14.6. The minimum Gasteiger partial charge on any atom is -0.399 e. The van der Waals surface area contributed by atoms with Crippen LogP contribution in [0.15, 0.2) is 48.2 Å². The smallest absolute Gasteiger partial charge is 0.0276 e. The van der Waals surface area contributed by atoms with Gasteiger partial charge in [0, 0.05) is 5.70 Å². The van der Waals surface area contributed by atoms with E-state index in [-0.39, 0.29) is 0 Å². The van der Waals surface area contributed by atoms with E-state index < -0.39 is 0 Å². The molecule has 1 heteroatoms. The summed E-state index contributed by atoms with van der Waals surface area (Å²) >= 11 is 0. The van der Waals surface area contributed by atoms with Gasteiger partial charge in [0.1, 0.15) is 0 Å². The standard InChI is InChI=1S/C12H17N/c1-3-4-6-10(2)11-7-5-8-12(13)9-11/h3,8-9H,1-2,4-7,13H2. The van der Waals surface area contributed by atoms with Gasteiger partial charge in [0.15, 0.2) is 0 Å². The van der Waals surface area contributed by atoms with Crippen molar-refractivity contribution in [3.05, 3.63) is 48.2 Å². The van der Waals surface area contributed by atoms with Gasteiger partial charge in [-0.1, -0.05) is 24.3 Å². The molecule has 0 aromatic rings. The second-order valence-corrected chi connectivity index (χ2v) is 3.34. The predicted octanol–water partition coefficient (Wildman–Crippen LogP) is 3.07. The van der Waals surface area contributed by atoms with Crippen LogP contribution in [-0.4, -0.2) is 0 Å². The van der Waals surface area contributed by atoms with Crippen LogP contribution in [0.5, 0.6) is 0 Å². The molecule has 0 aromatic heterocycles. The van der Waals surface area contributed by atoms with Gasteiger partial charge in [-0.25, -0.2) is 0 Å². The molecular formula is C12H17N. The third kappa shape index (κ3) is 2.94. The molecule has 1 rings (SSSR count). The van der Waals surface area contributed by atoms with E-state index in [0.29, 0.717) is 0 Å². The van der Waals surface area contributed by atoms with Crippen LogP contribution < -0.4 is 5.73 Å². The van der Waals surface area contributed by atoms with Crippen LogP contribution in [-0.2, 0) is 0 Å². The molecule has 0 saturated carbocycles. The normalized spacial score (nSPS) is 16.0. The number of nitrogens with two attached hydrogens (primary N) is 1. The van der Waals surface area contributed by atoms with Crippen molar-refractivity contribution in [2.24, 2.45) is 5.73 Å². The lowest BCUT2D eigenvalue weighted by Crippen LogP contribution is -2.01. The molecule has 0 aromatic carbocycles. The Labute approximate surface area is 80.3 Å². The Morgan fingerprint density at radius 3 is 3.00 bits per heavy atom. The van der Waals surface area contributed by atoms with E-state index in [9.17, 15) is 0 Å². The summed E-state index contributed by atoms with van der Waals surface area (Å²) in [5, 5.41) is 0. The molecule has 2 N–H and O–H groups in total. The summed E-state index contributed by atoms with van der Waals surface area (Å²) in [7, 11) is 0. The Morgan fingerprint density at radius 2 is 2.38 bits per heavy atom. The first-order valence-electron chi connectivity index (χ1n) is 4.69. The largest absolute Gasteiger partial charge is 0.399 e. The fourth-order valence-electron chi connectivity index (χ4n) is 1.44. The van der Waals surface area contributed by atoms with Crippen LogP contribution in [0, 0.1) is 0 Å². The first kappa shape index (κ1) is 9.85. The molecule has 0 spiro atoms. The summed E-state index contributed by atoms with van der Waals surface area (Å²) in [4.78, 5) is 0. The van der Waals surface area contributed by atoms with Crippen molar-refractivity contribution in [2.75, 3.05) is 0 Å². The molecule has 1 aliphatic rings. The summed E-state index contributed by atoms with van der Waals surface area (Å²) in [6, 6.07) is 0. The molecule has 0 unspecified atom stereocenters. The number of rotatable bonds is 4. The van der Waals surface area contributed by atoms with Crippen LogP contribution in [0.4, 0.5) is 0 Å². The molecule has 0 bridgehead atoms. The fraction of sp³-hybridized carbons (Fsp3) is 0.333. The van der Waals surface area contributed by atoms with Gasteiger partial charge in [-0.3, -0.25) is 0 Å². The molecule has 1 nitrogen and oxygen atoms in total. The van der Waals surface area contributed by atoms with Crippen LogP contribution in [0.3, 0.4) is 0 Å². The van der Waals surface area contributed by atoms with Crippen LogP contribution >= 0.6 is 0 Å². The Kier molecular flexibility index (Phi) is 3.56. The summed E-state index contributed by atoms with van der Waals surface area (Å²) in [5.74, 6) is 0. The molecule has 0 saturated heterocycles. The zero-order valence-corrected chi connectivity index (χ0v) is 8.05. The van der Waals surface area contributed by atoms with Crippen LogP contribution in [0.1, 0.15) is 25.7 Å². The van der Waals surface area contributed by atoms with Crippen LogP contribution in [0.2, 0.25) is 0 Å². The molecule has 70 valence electrons. The SMILES string of the molecule is C=CCCC(=C)C1=CC(N)=CCC1. The number of hydrogen-bond acceptors (Lipinski definition) is 1. The molecule has 0 radical (unpaired) electrons. The maximum absolute atomic E-state index is 5.72. The summed E-state index contributed by atoms with van der Waals surface area (Å²) in [6.45, 7) is 7.75.